The Balaban J connectivity index is 3.09. The number of hydrogen-bond donors (Lipinski definition) is 1. The van der Waals surface area contributed by atoms with Crippen LogP contribution in [0.15, 0.2) is 23.2 Å². The van der Waals surface area contributed by atoms with E-state index in [1.54, 1.807) is 20.8 Å². The van der Waals surface area contributed by atoms with E-state index in [-0.39, 0.29) is 4.90 Å². The summed E-state index contributed by atoms with van der Waals surface area (Å²) in [5.74, 6) is -0.887. The molecule has 1 aromatic rings. The standard InChI is InChI=1S/C12H18N2O5S/c1-4-19-11-6-5-10(7-13-11)20(17,18)14(9(2)3)8-12(15)16/h5-7,9H,4,8H2,1-3H3,(H,15,16). The van der Waals surface area contributed by atoms with Crippen molar-refractivity contribution in [1.29, 1.82) is 0 Å². The Morgan fingerprint density at radius 3 is 2.50 bits per heavy atom. The van der Waals surface area contributed by atoms with E-state index in [1.807, 2.05) is 0 Å². The van der Waals surface area contributed by atoms with E-state index in [9.17, 15) is 13.2 Å². The van der Waals surface area contributed by atoms with Crippen molar-refractivity contribution in [3.8, 4) is 5.88 Å². The lowest BCUT2D eigenvalue weighted by molar-refractivity contribution is -0.137. The summed E-state index contributed by atoms with van der Waals surface area (Å²) in [6.07, 6.45) is 1.16. The van der Waals surface area contributed by atoms with Gasteiger partial charge in [-0.2, -0.15) is 4.31 Å². The second kappa shape index (κ2) is 6.67. The molecule has 0 fully saturated rings. The molecule has 0 saturated carbocycles. The van der Waals surface area contributed by atoms with Crippen molar-refractivity contribution in [3.05, 3.63) is 18.3 Å². The molecule has 0 atom stereocenters. The van der Waals surface area contributed by atoms with Gasteiger partial charge >= 0.3 is 5.97 Å². The molecule has 112 valence electrons. The molecule has 0 amide bonds. The molecule has 1 aromatic heterocycles. The molecule has 0 unspecified atom stereocenters. The number of ether oxygens (including phenoxy) is 1. The molecular formula is C12H18N2O5S. The topological polar surface area (TPSA) is 96.8 Å². The second-order valence-electron chi connectivity index (χ2n) is 4.30. The van der Waals surface area contributed by atoms with Crippen LogP contribution in [0.2, 0.25) is 0 Å². The summed E-state index contributed by atoms with van der Waals surface area (Å²) >= 11 is 0. The van der Waals surface area contributed by atoms with Gasteiger partial charge in [0.2, 0.25) is 15.9 Å². The summed E-state index contributed by atoms with van der Waals surface area (Å²) in [5, 5.41) is 8.82. The van der Waals surface area contributed by atoms with Crippen molar-refractivity contribution in [2.45, 2.75) is 31.7 Å². The average molecular weight is 302 g/mol. The summed E-state index contributed by atoms with van der Waals surface area (Å²) in [6.45, 7) is 4.86. The van der Waals surface area contributed by atoms with Crippen LogP contribution in [0.4, 0.5) is 0 Å². The molecule has 0 saturated heterocycles. The Morgan fingerprint density at radius 2 is 2.10 bits per heavy atom. The van der Waals surface area contributed by atoms with E-state index in [1.165, 1.54) is 12.1 Å². The van der Waals surface area contributed by atoms with Gasteiger partial charge in [-0.3, -0.25) is 4.79 Å². The Labute approximate surface area is 118 Å². The SMILES string of the molecule is CCOc1ccc(S(=O)(=O)N(CC(=O)O)C(C)C)cn1. The first kappa shape index (κ1) is 16.4. The van der Waals surface area contributed by atoms with Gasteiger partial charge in [0, 0.05) is 12.1 Å². The van der Waals surface area contributed by atoms with E-state index in [2.05, 4.69) is 4.98 Å². The fourth-order valence-electron chi connectivity index (χ4n) is 1.57. The molecule has 0 aliphatic carbocycles. The Bertz CT molecular complexity index is 554. The summed E-state index contributed by atoms with van der Waals surface area (Å²) in [4.78, 5) is 14.6. The number of sulfonamides is 1. The first-order valence-corrected chi connectivity index (χ1v) is 7.55. The molecule has 0 radical (unpaired) electrons. The molecule has 0 bridgehead atoms. The summed E-state index contributed by atoms with van der Waals surface area (Å²) in [7, 11) is -3.89. The van der Waals surface area contributed by atoms with Crippen molar-refractivity contribution in [1.82, 2.24) is 9.29 Å². The highest BCUT2D eigenvalue weighted by molar-refractivity contribution is 7.89. The predicted octanol–water partition coefficient (Wildman–Crippen LogP) is 0.964. The molecule has 0 aliphatic heterocycles. The molecule has 0 spiro atoms. The smallest absolute Gasteiger partial charge is 0.318 e. The lowest BCUT2D eigenvalue weighted by Crippen LogP contribution is -2.40. The van der Waals surface area contributed by atoms with Gasteiger partial charge in [0.25, 0.3) is 0 Å². The Kier molecular flexibility index (Phi) is 5.46. The average Bonchev–Trinajstić information content (AvgIpc) is 2.36. The molecule has 0 aromatic carbocycles. The zero-order chi connectivity index (χ0) is 15.3. The number of carboxylic acid groups (broad SMARTS) is 1. The minimum atomic E-state index is -3.89. The monoisotopic (exact) mass is 302 g/mol. The summed E-state index contributed by atoms with van der Waals surface area (Å²) < 4.78 is 30.8. The van der Waals surface area contributed by atoms with Gasteiger partial charge < -0.3 is 9.84 Å². The zero-order valence-corrected chi connectivity index (χ0v) is 12.4. The van der Waals surface area contributed by atoms with Crippen LogP contribution >= 0.6 is 0 Å². The lowest BCUT2D eigenvalue weighted by atomic mass is 10.4. The minimum Gasteiger partial charge on any atom is -0.480 e. The molecule has 8 heteroatoms. The molecular weight excluding hydrogens is 284 g/mol. The maximum Gasteiger partial charge on any atom is 0.318 e. The highest BCUT2D eigenvalue weighted by Crippen LogP contribution is 2.19. The number of nitrogens with zero attached hydrogens (tertiary/aromatic N) is 2. The van der Waals surface area contributed by atoms with Crippen molar-refractivity contribution in [3.63, 3.8) is 0 Å². The van der Waals surface area contributed by atoms with E-state index in [0.29, 0.717) is 12.5 Å². The van der Waals surface area contributed by atoms with Crippen LogP contribution in [-0.2, 0) is 14.8 Å². The minimum absolute atomic E-state index is 0.0593. The molecule has 1 rings (SSSR count). The molecule has 1 N–H and O–H groups in total. The van der Waals surface area contributed by atoms with Crippen molar-refractivity contribution in [2.24, 2.45) is 0 Å². The van der Waals surface area contributed by atoms with Gasteiger partial charge in [0.1, 0.15) is 11.4 Å². The van der Waals surface area contributed by atoms with Gasteiger partial charge in [0.05, 0.1) is 12.8 Å². The van der Waals surface area contributed by atoms with E-state index in [4.69, 9.17) is 9.84 Å². The molecule has 0 aliphatic rings. The van der Waals surface area contributed by atoms with Crippen LogP contribution in [0.25, 0.3) is 0 Å². The maximum atomic E-state index is 12.4. The van der Waals surface area contributed by atoms with Crippen LogP contribution in [0.3, 0.4) is 0 Å². The van der Waals surface area contributed by atoms with Crippen LogP contribution in [-0.4, -0.2) is 48.0 Å². The van der Waals surface area contributed by atoms with Crippen LogP contribution in [0.5, 0.6) is 5.88 Å². The van der Waals surface area contributed by atoms with Crippen molar-refractivity contribution < 1.29 is 23.1 Å². The highest BCUT2D eigenvalue weighted by atomic mass is 32.2. The van der Waals surface area contributed by atoms with Gasteiger partial charge in [-0.05, 0) is 26.8 Å². The molecule has 7 nitrogen and oxygen atoms in total. The van der Waals surface area contributed by atoms with Gasteiger partial charge in [-0.15, -0.1) is 0 Å². The van der Waals surface area contributed by atoms with Gasteiger partial charge in [0.15, 0.2) is 0 Å². The van der Waals surface area contributed by atoms with E-state index < -0.39 is 28.6 Å². The van der Waals surface area contributed by atoms with Crippen LogP contribution in [0, 0.1) is 0 Å². The Hall–Kier alpha value is -1.67. The third kappa shape index (κ3) is 3.91. The molecule has 20 heavy (non-hydrogen) atoms. The fraction of sp³-hybridized carbons (Fsp3) is 0.500. The largest absolute Gasteiger partial charge is 0.480 e. The first-order chi connectivity index (χ1) is 9.28. The fourth-order valence-corrected chi connectivity index (χ4v) is 3.10. The number of pyridine rings is 1. The lowest BCUT2D eigenvalue weighted by Gasteiger charge is -2.23. The summed E-state index contributed by atoms with van der Waals surface area (Å²) in [5.41, 5.74) is 0. The third-order valence-corrected chi connectivity index (χ3v) is 4.48. The van der Waals surface area contributed by atoms with Crippen LogP contribution < -0.4 is 4.74 Å². The molecule has 1 heterocycles. The van der Waals surface area contributed by atoms with E-state index in [0.717, 1.165) is 10.5 Å². The second-order valence-corrected chi connectivity index (χ2v) is 6.19. The van der Waals surface area contributed by atoms with Crippen molar-refractivity contribution >= 4 is 16.0 Å². The van der Waals surface area contributed by atoms with Gasteiger partial charge in [-0.1, -0.05) is 0 Å². The summed E-state index contributed by atoms with van der Waals surface area (Å²) in [6, 6.07) is 2.32. The predicted molar refractivity (Wildman–Crippen MR) is 72.1 cm³/mol. The number of aliphatic carboxylic acids is 1. The van der Waals surface area contributed by atoms with E-state index >= 15 is 0 Å². The number of carboxylic acids is 1. The maximum absolute atomic E-state index is 12.4. The third-order valence-electron chi connectivity index (χ3n) is 2.48. The Morgan fingerprint density at radius 1 is 1.45 bits per heavy atom. The van der Waals surface area contributed by atoms with Crippen molar-refractivity contribution in [2.75, 3.05) is 13.2 Å². The number of rotatable bonds is 7. The number of aromatic nitrogens is 1. The quantitative estimate of drug-likeness (QED) is 0.806. The number of hydrogen-bond acceptors (Lipinski definition) is 5. The normalized spacial score (nSPS) is 11.8. The zero-order valence-electron chi connectivity index (χ0n) is 11.6. The highest BCUT2D eigenvalue weighted by Gasteiger charge is 2.29. The van der Waals surface area contributed by atoms with Crippen LogP contribution in [0.1, 0.15) is 20.8 Å². The van der Waals surface area contributed by atoms with Gasteiger partial charge in [-0.25, -0.2) is 13.4 Å². The number of carbonyl (C=O) groups is 1. The first-order valence-electron chi connectivity index (χ1n) is 6.11.